The second-order valence-corrected chi connectivity index (χ2v) is 5.11. The Morgan fingerprint density at radius 3 is 2.88 bits per heavy atom. The lowest BCUT2D eigenvalue weighted by Crippen LogP contribution is -2.38. The van der Waals surface area contributed by atoms with Gasteiger partial charge in [-0.3, -0.25) is 4.90 Å². The van der Waals surface area contributed by atoms with Crippen LogP contribution < -0.4 is 5.32 Å². The van der Waals surface area contributed by atoms with Gasteiger partial charge in [0.1, 0.15) is 0 Å². The Bertz CT molecular complexity index is 277. The molecule has 0 amide bonds. The van der Waals surface area contributed by atoms with Gasteiger partial charge in [-0.05, 0) is 7.05 Å². The van der Waals surface area contributed by atoms with Crippen LogP contribution in [0.5, 0.6) is 0 Å². The van der Waals surface area contributed by atoms with E-state index >= 15 is 0 Å². The number of thiazole rings is 1. The van der Waals surface area contributed by atoms with Crippen molar-refractivity contribution in [2.75, 3.05) is 20.1 Å². The van der Waals surface area contributed by atoms with Crippen molar-refractivity contribution in [1.29, 1.82) is 0 Å². The van der Waals surface area contributed by atoms with Crippen molar-refractivity contribution in [3.8, 4) is 0 Å². The standard InChI is InChI=1S/C11H21N3OS/c1-9(2)12-4-11(15)6-14(3)5-10-7-16-8-13-10/h7-9,11-12,15H,4-6H2,1-3H3. The van der Waals surface area contributed by atoms with Crippen LogP contribution in [0.15, 0.2) is 10.9 Å². The summed E-state index contributed by atoms with van der Waals surface area (Å²) in [6.45, 7) is 6.25. The highest BCUT2D eigenvalue weighted by molar-refractivity contribution is 7.07. The van der Waals surface area contributed by atoms with Crippen molar-refractivity contribution < 1.29 is 5.11 Å². The Labute approximate surface area is 101 Å². The van der Waals surface area contributed by atoms with Gasteiger partial charge in [-0.1, -0.05) is 13.8 Å². The molecule has 0 bridgehead atoms. The number of nitrogens with zero attached hydrogens (tertiary/aromatic N) is 2. The number of hydrogen-bond acceptors (Lipinski definition) is 5. The van der Waals surface area contributed by atoms with Crippen molar-refractivity contribution in [1.82, 2.24) is 15.2 Å². The molecule has 0 aromatic carbocycles. The topological polar surface area (TPSA) is 48.4 Å². The average molecular weight is 243 g/mol. The normalized spacial score (nSPS) is 13.6. The quantitative estimate of drug-likeness (QED) is 0.748. The molecule has 1 aromatic rings. The third kappa shape index (κ3) is 5.55. The van der Waals surface area contributed by atoms with Gasteiger partial charge in [-0.2, -0.15) is 0 Å². The van der Waals surface area contributed by atoms with Crippen LogP contribution in [0.25, 0.3) is 0 Å². The number of aromatic nitrogens is 1. The van der Waals surface area contributed by atoms with Gasteiger partial charge < -0.3 is 10.4 Å². The third-order valence-electron chi connectivity index (χ3n) is 2.20. The van der Waals surface area contributed by atoms with Crippen LogP contribution in [0, 0.1) is 0 Å². The zero-order valence-electron chi connectivity index (χ0n) is 10.2. The maximum absolute atomic E-state index is 9.78. The molecule has 1 rings (SSSR count). The van der Waals surface area contributed by atoms with Crippen LogP contribution in [0.2, 0.25) is 0 Å². The highest BCUT2D eigenvalue weighted by Crippen LogP contribution is 2.04. The smallest absolute Gasteiger partial charge is 0.0795 e. The molecular formula is C11H21N3OS. The van der Waals surface area contributed by atoms with Crippen molar-refractivity contribution in [3.05, 3.63) is 16.6 Å². The van der Waals surface area contributed by atoms with E-state index in [0.29, 0.717) is 19.1 Å². The molecule has 0 aliphatic heterocycles. The first-order chi connectivity index (χ1) is 7.58. The summed E-state index contributed by atoms with van der Waals surface area (Å²) in [6.07, 6.45) is -0.328. The van der Waals surface area contributed by atoms with Gasteiger partial charge in [0.15, 0.2) is 0 Å². The fourth-order valence-corrected chi connectivity index (χ4v) is 2.00. The molecule has 0 radical (unpaired) electrons. The van der Waals surface area contributed by atoms with Gasteiger partial charge in [0, 0.05) is 31.1 Å². The number of aliphatic hydroxyl groups excluding tert-OH is 1. The van der Waals surface area contributed by atoms with E-state index < -0.39 is 0 Å². The molecule has 0 aliphatic rings. The molecule has 4 nitrogen and oxygen atoms in total. The van der Waals surface area contributed by atoms with Crippen LogP contribution in [0.1, 0.15) is 19.5 Å². The van der Waals surface area contributed by atoms with Crippen molar-refractivity contribution in [2.24, 2.45) is 0 Å². The SMILES string of the molecule is CC(C)NCC(O)CN(C)Cc1cscn1. The molecule has 16 heavy (non-hydrogen) atoms. The van der Waals surface area contributed by atoms with Crippen molar-refractivity contribution >= 4 is 11.3 Å². The molecule has 0 aliphatic carbocycles. The molecule has 1 unspecified atom stereocenters. The molecule has 92 valence electrons. The van der Waals surface area contributed by atoms with E-state index in [1.165, 1.54) is 0 Å². The van der Waals surface area contributed by atoms with E-state index in [-0.39, 0.29) is 6.10 Å². The molecular weight excluding hydrogens is 222 g/mol. The Kier molecular flexibility index (Phi) is 5.90. The molecule has 2 N–H and O–H groups in total. The lowest BCUT2D eigenvalue weighted by atomic mass is 10.3. The first-order valence-corrected chi connectivity index (χ1v) is 6.49. The molecule has 1 heterocycles. The maximum Gasteiger partial charge on any atom is 0.0795 e. The largest absolute Gasteiger partial charge is 0.390 e. The van der Waals surface area contributed by atoms with E-state index in [1.807, 2.05) is 17.9 Å². The molecule has 0 saturated heterocycles. The van der Waals surface area contributed by atoms with Gasteiger partial charge in [0.25, 0.3) is 0 Å². The fraction of sp³-hybridized carbons (Fsp3) is 0.727. The Hall–Kier alpha value is -0.490. The molecule has 5 heteroatoms. The second-order valence-electron chi connectivity index (χ2n) is 4.39. The lowest BCUT2D eigenvalue weighted by Gasteiger charge is -2.20. The number of rotatable bonds is 7. The monoisotopic (exact) mass is 243 g/mol. The van der Waals surface area contributed by atoms with E-state index in [4.69, 9.17) is 0 Å². The molecule has 0 spiro atoms. The predicted octanol–water partition coefficient (Wildman–Crippen LogP) is 0.934. The van der Waals surface area contributed by atoms with E-state index in [1.54, 1.807) is 11.3 Å². The summed E-state index contributed by atoms with van der Waals surface area (Å²) in [6, 6.07) is 0.415. The minimum atomic E-state index is -0.328. The summed E-state index contributed by atoms with van der Waals surface area (Å²) in [5.74, 6) is 0. The number of hydrogen-bond donors (Lipinski definition) is 2. The molecule has 1 atom stereocenters. The molecule has 0 fully saturated rings. The highest BCUT2D eigenvalue weighted by Gasteiger charge is 2.09. The third-order valence-corrected chi connectivity index (χ3v) is 2.83. The Morgan fingerprint density at radius 2 is 2.31 bits per heavy atom. The summed E-state index contributed by atoms with van der Waals surface area (Å²) >= 11 is 1.60. The van der Waals surface area contributed by atoms with E-state index in [2.05, 4.69) is 29.0 Å². The zero-order valence-corrected chi connectivity index (χ0v) is 11.0. The molecule has 1 aromatic heterocycles. The van der Waals surface area contributed by atoms with Crippen LogP contribution in [-0.4, -0.2) is 47.3 Å². The summed E-state index contributed by atoms with van der Waals surface area (Å²) < 4.78 is 0. The van der Waals surface area contributed by atoms with Crippen LogP contribution in [-0.2, 0) is 6.54 Å². The average Bonchev–Trinajstić information content (AvgIpc) is 2.67. The summed E-state index contributed by atoms with van der Waals surface area (Å²) in [5, 5.41) is 15.0. The number of likely N-dealkylation sites (N-methyl/N-ethyl adjacent to an activating group) is 1. The zero-order chi connectivity index (χ0) is 12.0. The minimum absolute atomic E-state index is 0.328. The number of nitrogens with one attached hydrogen (secondary N) is 1. The minimum Gasteiger partial charge on any atom is -0.390 e. The van der Waals surface area contributed by atoms with Gasteiger partial charge >= 0.3 is 0 Å². The summed E-state index contributed by atoms with van der Waals surface area (Å²) in [4.78, 5) is 6.30. The van der Waals surface area contributed by atoms with Crippen LogP contribution in [0.4, 0.5) is 0 Å². The van der Waals surface area contributed by atoms with Gasteiger partial charge in [-0.25, -0.2) is 4.98 Å². The second kappa shape index (κ2) is 6.96. The summed E-state index contributed by atoms with van der Waals surface area (Å²) in [5.41, 5.74) is 2.90. The van der Waals surface area contributed by atoms with E-state index in [9.17, 15) is 5.11 Å². The van der Waals surface area contributed by atoms with E-state index in [0.717, 1.165) is 12.2 Å². The van der Waals surface area contributed by atoms with Gasteiger partial charge in [0.05, 0.1) is 17.3 Å². The van der Waals surface area contributed by atoms with Crippen LogP contribution >= 0.6 is 11.3 Å². The number of aliphatic hydroxyl groups is 1. The Balaban J connectivity index is 2.20. The maximum atomic E-state index is 9.78. The summed E-state index contributed by atoms with van der Waals surface area (Å²) in [7, 11) is 2.00. The first kappa shape index (κ1) is 13.6. The Morgan fingerprint density at radius 1 is 1.56 bits per heavy atom. The van der Waals surface area contributed by atoms with Crippen LogP contribution in [0.3, 0.4) is 0 Å². The lowest BCUT2D eigenvalue weighted by molar-refractivity contribution is 0.119. The van der Waals surface area contributed by atoms with Crippen molar-refractivity contribution in [3.63, 3.8) is 0 Å². The first-order valence-electron chi connectivity index (χ1n) is 5.55. The van der Waals surface area contributed by atoms with Gasteiger partial charge in [-0.15, -0.1) is 11.3 Å². The van der Waals surface area contributed by atoms with Crippen molar-refractivity contribution in [2.45, 2.75) is 32.5 Å². The van der Waals surface area contributed by atoms with Gasteiger partial charge in [0.2, 0.25) is 0 Å². The fourth-order valence-electron chi connectivity index (χ4n) is 1.45. The molecule has 0 saturated carbocycles. The predicted molar refractivity (Wildman–Crippen MR) is 67.6 cm³/mol. The highest BCUT2D eigenvalue weighted by atomic mass is 32.1.